The number of fused-ring (bicyclic) bond motifs is 1. The van der Waals surface area contributed by atoms with Crippen molar-refractivity contribution < 1.29 is 15.0 Å². The van der Waals surface area contributed by atoms with Crippen LogP contribution in [0.2, 0.25) is 0 Å². The van der Waals surface area contributed by atoms with E-state index in [0.29, 0.717) is 36.0 Å². The number of carboxylic acid groups (broad SMARTS) is 1. The van der Waals surface area contributed by atoms with Crippen LogP contribution in [0.4, 0.5) is 0 Å². The van der Waals surface area contributed by atoms with Crippen molar-refractivity contribution in [1.29, 1.82) is 0 Å². The van der Waals surface area contributed by atoms with Crippen molar-refractivity contribution >= 4 is 28.6 Å². The fourth-order valence-electron chi connectivity index (χ4n) is 4.96. The van der Waals surface area contributed by atoms with Crippen LogP contribution in [0.1, 0.15) is 47.0 Å². The summed E-state index contributed by atoms with van der Waals surface area (Å²) in [6, 6.07) is 0. The first-order valence-corrected chi connectivity index (χ1v) is 10.4. The predicted molar refractivity (Wildman–Crippen MR) is 102 cm³/mol. The molecular weight excluding hydrogens is 403 g/mol. The number of aliphatic hydroxyl groups excluding tert-OH is 1. The molecule has 2 rings (SSSR count). The number of rotatable bonds is 5. The first-order chi connectivity index (χ1) is 10.8. The Hall–Kier alpha value is -0.100. The number of carboxylic acids is 1. The molecule has 0 heterocycles. The minimum Gasteiger partial charge on any atom is -0.481 e. The summed E-state index contributed by atoms with van der Waals surface area (Å²) in [4.78, 5) is 11.5. The molecule has 0 aromatic carbocycles. The second kappa shape index (κ2) is 7.85. The first kappa shape index (κ1) is 19.2. The van der Waals surface area contributed by atoms with E-state index in [1.807, 2.05) is 6.92 Å². The van der Waals surface area contributed by atoms with E-state index in [9.17, 15) is 15.0 Å². The molecule has 0 spiro atoms. The molecule has 1 saturated carbocycles. The van der Waals surface area contributed by atoms with Crippen LogP contribution in [-0.2, 0) is 4.79 Å². The lowest BCUT2D eigenvalue weighted by molar-refractivity contribution is -0.145. The normalized spacial score (nSPS) is 37.0. The third-order valence-corrected chi connectivity index (χ3v) is 7.30. The van der Waals surface area contributed by atoms with Crippen LogP contribution in [0.3, 0.4) is 0 Å². The van der Waals surface area contributed by atoms with E-state index in [4.69, 9.17) is 0 Å². The molecule has 1 fully saturated rings. The fourth-order valence-corrected chi connectivity index (χ4v) is 6.63. The Morgan fingerprint density at radius 2 is 1.96 bits per heavy atom. The Morgan fingerprint density at radius 3 is 2.48 bits per heavy atom. The van der Waals surface area contributed by atoms with Crippen LogP contribution < -0.4 is 0 Å². The lowest BCUT2D eigenvalue weighted by Gasteiger charge is -2.49. The number of aliphatic hydroxyl groups is 1. The fraction of sp³-hybridized carbons (Fsp3) is 0.842. The van der Waals surface area contributed by atoms with Crippen LogP contribution >= 0.6 is 22.6 Å². The van der Waals surface area contributed by atoms with E-state index in [-0.39, 0.29) is 12.0 Å². The molecule has 2 aliphatic rings. The molecule has 0 bridgehead atoms. The van der Waals surface area contributed by atoms with Crippen LogP contribution in [0.15, 0.2) is 11.6 Å². The van der Waals surface area contributed by atoms with Gasteiger partial charge in [-0.25, -0.2) is 0 Å². The molecule has 0 unspecified atom stereocenters. The van der Waals surface area contributed by atoms with Crippen molar-refractivity contribution in [3.05, 3.63) is 11.6 Å². The van der Waals surface area contributed by atoms with Gasteiger partial charge in [0.05, 0.1) is 12.0 Å². The van der Waals surface area contributed by atoms with Crippen LogP contribution in [-0.4, -0.2) is 26.7 Å². The largest absolute Gasteiger partial charge is 0.481 e. The number of aliphatic carboxylic acids is 1. The maximum absolute atomic E-state index is 11.5. The van der Waals surface area contributed by atoms with Crippen molar-refractivity contribution in [1.82, 2.24) is 0 Å². The summed E-state index contributed by atoms with van der Waals surface area (Å²) in [6.07, 6.45) is 4.55. The molecule has 0 aromatic heterocycles. The molecule has 7 atom stereocenters. The zero-order valence-electron chi connectivity index (χ0n) is 14.7. The Bertz CT molecular complexity index is 460. The summed E-state index contributed by atoms with van der Waals surface area (Å²) in [6.45, 7) is 8.60. The summed E-state index contributed by atoms with van der Waals surface area (Å²) in [5.41, 5.74) is 1.41. The molecular formula is C19H31IO3. The summed E-state index contributed by atoms with van der Waals surface area (Å²) in [5, 5.41) is 19.9. The Kier molecular flexibility index (Phi) is 6.57. The van der Waals surface area contributed by atoms with Gasteiger partial charge in [-0.1, -0.05) is 55.0 Å². The van der Waals surface area contributed by atoms with E-state index in [0.717, 1.165) is 17.3 Å². The van der Waals surface area contributed by atoms with Gasteiger partial charge in [0.2, 0.25) is 0 Å². The highest BCUT2D eigenvalue weighted by Gasteiger charge is 2.47. The number of hydrogen-bond donors (Lipinski definition) is 2. The van der Waals surface area contributed by atoms with Crippen molar-refractivity contribution in [2.45, 2.75) is 53.1 Å². The molecule has 2 N–H and O–H groups in total. The summed E-state index contributed by atoms with van der Waals surface area (Å²) < 4.78 is 1.13. The highest BCUT2D eigenvalue weighted by atomic mass is 127. The lowest BCUT2D eigenvalue weighted by Crippen LogP contribution is -2.46. The smallest absolute Gasteiger partial charge is 0.306 e. The maximum atomic E-state index is 11.5. The van der Waals surface area contributed by atoms with Gasteiger partial charge in [-0.2, -0.15) is 0 Å². The van der Waals surface area contributed by atoms with E-state index >= 15 is 0 Å². The number of halogens is 1. The number of alkyl halides is 1. The summed E-state index contributed by atoms with van der Waals surface area (Å²) >= 11 is 2.50. The highest BCUT2D eigenvalue weighted by Crippen LogP contribution is 2.51. The molecule has 0 saturated heterocycles. The monoisotopic (exact) mass is 434 g/mol. The van der Waals surface area contributed by atoms with Gasteiger partial charge in [-0.15, -0.1) is 0 Å². The topological polar surface area (TPSA) is 57.5 Å². The molecule has 0 aliphatic heterocycles. The second-order valence-electron chi connectivity index (χ2n) is 8.10. The molecule has 3 nitrogen and oxygen atoms in total. The molecule has 0 aromatic rings. The number of hydrogen-bond acceptors (Lipinski definition) is 2. The van der Waals surface area contributed by atoms with Gasteiger partial charge in [0.25, 0.3) is 0 Å². The zero-order valence-corrected chi connectivity index (χ0v) is 16.9. The molecule has 0 amide bonds. The molecule has 132 valence electrons. The van der Waals surface area contributed by atoms with E-state index in [1.54, 1.807) is 0 Å². The standard InChI is InChI=1S/C19H31IO3/c1-10(2)18(9-20)16-6-11(3)5-15-14(12(4)19(22)23)7-13(21)8-17(15)16/h5,10,12-18,21H,6-9H2,1-4H3,(H,22,23)/t12-,13-,14-,15+,16+,17-,18+/m0/s1. The molecule has 4 heteroatoms. The lowest BCUT2D eigenvalue weighted by atomic mass is 9.56. The minimum absolute atomic E-state index is 0.0565. The quantitative estimate of drug-likeness (QED) is 0.384. The zero-order chi connectivity index (χ0) is 17.3. The summed E-state index contributed by atoms with van der Waals surface area (Å²) in [7, 11) is 0. The van der Waals surface area contributed by atoms with Gasteiger partial charge in [-0.3, -0.25) is 4.79 Å². The van der Waals surface area contributed by atoms with Gasteiger partial charge in [0.1, 0.15) is 0 Å². The Labute approximate surface area is 154 Å². The molecule has 23 heavy (non-hydrogen) atoms. The SMILES string of the molecule is CC1=C[C@@H]2[C@H]([C@H](C)C(=O)O)C[C@H](O)C[C@@H]2[C@H]([C@H](CI)C(C)C)C1. The van der Waals surface area contributed by atoms with Gasteiger partial charge in [0, 0.05) is 4.43 Å². The van der Waals surface area contributed by atoms with Gasteiger partial charge in [0.15, 0.2) is 0 Å². The summed E-state index contributed by atoms with van der Waals surface area (Å²) in [5.74, 6) is 1.50. The second-order valence-corrected chi connectivity index (χ2v) is 8.98. The number of allylic oxidation sites excluding steroid dienone is 2. The molecule has 2 aliphatic carbocycles. The van der Waals surface area contributed by atoms with E-state index in [1.165, 1.54) is 5.57 Å². The Balaban J connectivity index is 2.35. The van der Waals surface area contributed by atoms with Crippen LogP contribution in [0.25, 0.3) is 0 Å². The van der Waals surface area contributed by atoms with Crippen LogP contribution in [0, 0.1) is 41.4 Å². The third kappa shape index (κ3) is 4.12. The highest BCUT2D eigenvalue weighted by molar-refractivity contribution is 14.1. The van der Waals surface area contributed by atoms with Gasteiger partial charge in [-0.05, 0) is 61.7 Å². The van der Waals surface area contributed by atoms with Crippen molar-refractivity contribution in [2.75, 3.05) is 4.43 Å². The average molecular weight is 434 g/mol. The van der Waals surface area contributed by atoms with Crippen molar-refractivity contribution in [3.63, 3.8) is 0 Å². The van der Waals surface area contributed by atoms with Crippen LogP contribution in [0.5, 0.6) is 0 Å². The van der Waals surface area contributed by atoms with Gasteiger partial charge >= 0.3 is 5.97 Å². The predicted octanol–water partition coefficient (Wildman–Crippen LogP) is 4.38. The minimum atomic E-state index is -0.731. The first-order valence-electron chi connectivity index (χ1n) is 8.90. The molecule has 0 radical (unpaired) electrons. The van der Waals surface area contributed by atoms with E-state index < -0.39 is 11.9 Å². The third-order valence-electron chi connectivity index (χ3n) is 6.28. The van der Waals surface area contributed by atoms with Gasteiger partial charge < -0.3 is 10.2 Å². The number of carbonyl (C=O) groups is 1. The average Bonchev–Trinajstić information content (AvgIpc) is 2.46. The van der Waals surface area contributed by atoms with Crippen molar-refractivity contribution in [2.24, 2.45) is 41.4 Å². The maximum Gasteiger partial charge on any atom is 0.306 e. The van der Waals surface area contributed by atoms with Crippen molar-refractivity contribution in [3.8, 4) is 0 Å². The van der Waals surface area contributed by atoms with E-state index in [2.05, 4.69) is 49.4 Å². The Morgan fingerprint density at radius 1 is 1.30 bits per heavy atom.